The number of hydrogen-bond acceptors (Lipinski definition) is 5. The Hall–Kier alpha value is -3.60. The topological polar surface area (TPSA) is 61.8 Å². The van der Waals surface area contributed by atoms with Gasteiger partial charge in [0.15, 0.2) is 5.78 Å². The number of hydrogen-bond donors (Lipinski definition) is 0. The second-order valence-corrected chi connectivity index (χ2v) is 9.55. The molecule has 3 aromatic rings. The monoisotopic (exact) mass is 486 g/mol. The van der Waals surface area contributed by atoms with E-state index in [1.54, 1.807) is 24.3 Å². The molecule has 5 heteroatoms. The molecule has 0 aromatic heterocycles. The van der Waals surface area contributed by atoms with E-state index >= 15 is 0 Å². The summed E-state index contributed by atoms with van der Waals surface area (Å²) in [5.41, 5.74) is 5.40. The molecule has 0 radical (unpaired) electrons. The van der Waals surface area contributed by atoms with Gasteiger partial charge in [-0.2, -0.15) is 0 Å². The molecule has 36 heavy (non-hydrogen) atoms. The molecule has 0 spiro atoms. The Morgan fingerprint density at radius 1 is 0.833 bits per heavy atom. The largest absolute Gasteiger partial charge is 0.489 e. The molecule has 0 unspecified atom stereocenters. The van der Waals surface area contributed by atoms with Gasteiger partial charge in [0.05, 0.1) is 12.7 Å². The molecule has 0 bridgehead atoms. The third-order valence-electron chi connectivity index (χ3n) is 7.05. The molecule has 1 fully saturated rings. The van der Waals surface area contributed by atoms with Gasteiger partial charge in [0.25, 0.3) is 0 Å². The van der Waals surface area contributed by atoms with Crippen LogP contribution < -0.4 is 9.47 Å². The maximum absolute atomic E-state index is 12.9. The highest BCUT2D eigenvalue weighted by molar-refractivity contribution is 5.98. The van der Waals surface area contributed by atoms with Crippen molar-refractivity contribution in [1.29, 1.82) is 0 Å². The summed E-state index contributed by atoms with van der Waals surface area (Å²) in [6.45, 7) is 4.87. The Morgan fingerprint density at radius 3 is 2.17 bits per heavy atom. The smallest absolute Gasteiger partial charge is 0.337 e. The third-order valence-corrected chi connectivity index (χ3v) is 7.05. The van der Waals surface area contributed by atoms with Crippen molar-refractivity contribution >= 4 is 11.8 Å². The van der Waals surface area contributed by atoms with Gasteiger partial charge < -0.3 is 14.2 Å². The fraction of sp³-hybridized carbons (Fsp3) is 0.355. The van der Waals surface area contributed by atoms with Crippen LogP contribution in [0.25, 0.3) is 0 Å². The summed E-state index contributed by atoms with van der Waals surface area (Å²) in [7, 11) is 1.36. The third kappa shape index (κ3) is 6.34. The second kappa shape index (κ2) is 11.9. The summed E-state index contributed by atoms with van der Waals surface area (Å²) >= 11 is 0. The van der Waals surface area contributed by atoms with Crippen LogP contribution in [0.5, 0.6) is 11.5 Å². The molecule has 4 rings (SSSR count). The van der Waals surface area contributed by atoms with Crippen molar-refractivity contribution in [2.75, 3.05) is 7.11 Å². The summed E-state index contributed by atoms with van der Waals surface area (Å²) in [6, 6.07) is 18.8. The zero-order valence-electron chi connectivity index (χ0n) is 21.3. The molecule has 3 aromatic carbocycles. The van der Waals surface area contributed by atoms with Crippen LogP contribution in [-0.2, 0) is 18.0 Å². The van der Waals surface area contributed by atoms with Crippen molar-refractivity contribution in [3.63, 3.8) is 0 Å². The predicted octanol–water partition coefficient (Wildman–Crippen LogP) is 7.01. The van der Waals surface area contributed by atoms with Crippen molar-refractivity contribution < 1.29 is 23.8 Å². The van der Waals surface area contributed by atoms with E-state index in [1.807, 2.05) is 44.2 Å². The van der Waals surface area contributed by atoms with Crippen LogP contribution in [0.4, 0.5) is 0 Å². The molecule has 0 amide bonds. The number of Topliss-reactive ketones (excluding diaryl/α,β-unsaturated/α-hetero) is 1. The van der Waals surface area contributed by atoms with Crippen LogP contribution in [-0.4, -0.2) is 18.9 Å². The Bertz CT molecular complexity index is 1210. The van der Waals surface area contributed by atoms with Gasteiger partial charge in [0.1, 0.15) is 24.7 Å². The lowest BCUT2D eigenvalue weighted by molar-refractivity contribution is 0.0600. The Kier molecular flexibility index (Phi) is 8.42. The standard InChI is InChI=1S/C31H34O5/c1-21-22(2)30(16-15-28(21)29(32)18-23-7-4-5-8-23)36-20-25-10-6-9-24(17-25)19-35-27-13-11-26(12-14-27)31(33)34-3/h6,9-17,23H,4-5,7-8,18-20H2,1-3H3. The number of rotatable bonds is 10. The first-order valence-electron chi connectivity index (χ1n) is 12.6. The molecule has 1 aliphatic carbocycles. The van der Waals surface area contributed by atoms with Gasteiger partial charge in [-0.05, 0) is 84.5 Å². The number of carbonyl (C=O) groups excluding carboxylic acids is 2. The molecule has 0 N–H and O–H groups in total. The number of benzene rings is 3. The minimum absolute atomic E-state index is 0.252. The van der Waals surface area contributed by atoms with E-state index < -0.39 is 0 Å². The van der Waals surface area contributed by atoms with Crippen LogP contribution in [0.1, 0.15) is 75.1 Å². The number of ketones is 1. The summed E-state index contributed by atoms with van der Waals surface area (Å²) in [5, 5.41) is 0. The van der Waals surface area contributed by atoms with Crippen molar-refractivity contribution in [1.82, 2.24) is 0 Å². The molecular weight excluding hydrogens is 452 g/mol. The van der Waals surface area contributed by atoms with E-state index in [1.165, 1.54) is 32.8 Å². The fourth-order valence-electron chi connectivity index (χ4n) is 4.78. The van der Waals surface area contributed by atoms with Crippen LogP contribution in [0, 0.1) is 19.8 Å². The summed E-state index contributed by atoms with van der Waals surface area (Å²) < 4.78 is 16.7. The van der Waals surface area contributed by atoms with E-state index in [4.69, 9.17) is 14.2 Å². The highest BCUT2D eigenvalue weighted by atomic mass is 16.5. The van der Waals surface area contributed by atoms with Gasteiger partial charge in [-0.1, -0.05) is 43.9 Å². The summed E-state index contributed by atoms with van der Waals surface area (Å²) in [6.07, 6.45) is 5.51. The van der Waals surface area contributed by atoms with E-state index in [0.717, 1.165) is 33.6 Å². The van der Waals surface area contributed by atoms with E-state index in [9.17, 15) is 9.59 Å². The van der Waals surface area contributed by atoms with Crippen LogP contribution in [0.2, 0.25) is 0 Å². The molecule has 5 nitrogen and oxygen atoms in total. The van der Waals surface area contributed by atoms with Gasteiger partial charge in [-0.3, -0.25) is 4.79 Å². The molecule has 0 saturated heterocycles. The highest BCUT2D eigenvalue weighted by Crippen LogP contribution is 2.31. The quantitative estimate of drug-likeness (QED) is 0.228. The molecule has 188 valence electrons. The van der Waals surface area contributed by atoms with Gasteiger partial charge in [0, 0.05) is 12.0 Å². The Labute approximate surface area is 213 Å². The number of ether oxygens (including phenoxy) is 3. The average molecular weight is 487 g/mol. The lowest BCUT2D eigenvalue weighted by Crippen LogP contribution is -2.09. The average Bonchev–Trinajstić information content (AvgIpc) is 3.41. The Morgan fingerprint density at radius 2 is 1.50 bits per heavy atom. The van der Waals surface area contributed by atoms with Gasteiger partial charge in [-0.25, -0.2) is 4.79 Å². The SMILES string of the molecule is COC(=O)c1ccc(OCc2cccc(COc3ccc(C(=O)CC4CCCC4)c(C)c3C)c2)cc1. The highest BCUT2D eigenvalue weighted by Gasteiger charge is 2.21. The lowest BCUT2D eigenvalue weighted by atomic mass is 9.92. The summed E-state index contributed by atoms with van der Waals surface area (Å²) in [5.74, 6) is 1.91. The van der Waals surface area contributed by atoms with Gasteiger partial charge in [0.2, 0.25) is 0 Å². The first kappa shape index (κ1) is 25.5. The molecule has 0 atom stereocenters. The fourth-order valence-corrected chi connectivity index (χ4v) is 4.78. The molecular formula is C31H34O5. The van der Waals surface area contributed by atoms with E-state index in [-0.39, 0.29) is 11.8 Å². The number of methoxy groups -OCH3 is 1. The minimum atomic E-state index is -0.370. The maximum Gasteiger partial charge on any atom is 0.337 e. The van der Waals surface area contributed by atoms with Gasteiger partial charge in [-0.15, -0.1) is 0 Å². The molecule has 0 heterocycles. The van der Waals surface area contributed by atoms with Crippen LogP contribution >= 0.6 is 0 Å². The lowest BCUT2D eigenvalue weighted by Gasteiger charge is -2.16. The molecule has 0 aliphatic heterocycles. The van der Waals surface area contributed by atoms with Crippen molar-refractivity contribution in [3.8, 4) is 11.5 Å². The zero-order chi connectivity index (χ0) is 25.5. The zero-order valence-corrected chi connectivity index (χ0v) is 21.3. The molecule has 1 aliphatic rings. The summed E-state index contributed by atoms with van der Waals surface area (Å²) in [4.78, 5) is 24.4. The van der Waals surface area contributed by atoms with Crippen molar-refractivity contribution in [3.05, 3.63) is 94.0 Å². The van der Waals surface area contributed by atoms with Gasteiger partial charge >= 0.3 is 5.97 Å². The van der Waals surface area contributed by atoms with Crippen LogP contribution in [0.3, 0.4) is 0 Å². The van der Waals surface area contributed by atoms with Crippen molar-refractivity contribution in [2.24, 2.45) is 5.92 Å². The first-order valence-corrected chi connectivity index (χ1v) is 12.6. The van der Waals surface area contributed by atoms with Crippen LogP contribution in [0.15, 0.2) is 60.7 Å². The minimum Gasteiger partial charge on any atom is -0.489 e. The van der Waals surface area contributed by atoms with Crippen molar-refractivity contribution in [2.45, 2.75) is 59.2 Å². The number of carbonyl (C=O) groups is 2. The second-order valence-electron chi connectivity index (χ2n) is 9.55. The van der Waals surface area contributed by atoms with E-state index in [2.05, 4.69) is 6.07 Å². The van der Waals surface area contributed by atoms with E-state index in [0.29, 0.717) is 36.9 Å². The number of esters is 1. The maximum atomic E-state index is 12.9. The predicted molar refractivity (Wildman–Crippen MR) is 140 cm³/mol. The first-order chi connectivity index (χ1) is 17.4. The Balaban J connectivity index is 1.34. The normalized spacial score (nSPS) is 13.4. The molecule has 1 saturated carbocycles.